The molecule has 1 amide bonds. The molecule has 1 aliphatic rings. The standard InChI is InChI=1S/C20H23N3O2/c1-14-4-3-11-23(13-14)18-9-10-21-19(12-18)20(25)22-17-7-5-16(6-8-17)15(2)24/h5-10,12,14H,3-4,11,13H2,1-2H3,(H,22,25). The largest absolute Gasteiger partial charge is 0.371 e. The molecule has 0 aliphatic carbocycles. The number of nitrogens with one attached hydrogen (secondary N) is 1. The van der Waals surface area contributed by atoms with Gasteiger partial charge in [-0.1, -0.05) is 6.92 Å². The molecule has 1 unspecified atom stereocenters. The van der Waals surface area contributed by atoms with Gasteiger partial charge in [0.05, 0.1) is 0 Å². The second-order valence-electron chi connectivity index (χ2n) is 6.68. The first kappa shape index (κ1) is 17.1. The zero-order chi connectivity index (χ0) is 17.8. The van der Waals surface area contributed by atoms with Crippen LogP contribution in [0.15, 0.2) is 42.6 Å². The van der Waals surface area contributed by atoms with E-state index < -0.39 is 0 Å². The smallest absolute Gasteiger partial charge is 0.274 e. The van der Waals surface area contributed by atoms with Crippen LogP contribution in [-0.4, -0.2) is 29.8 Å². The van der Waals surface area contributed by atoms with Gasteiger partial charge in [-0.3, -0.25) is 14.6 Å². The molecule has 1 aromatic carbocycles. The number of Topliss-reactive ketones (excluding diaryl/α,β-unsaturated/α-hetero) is 1. The SMILES string of the molecule is CC(=O)c1ccc(NC(=O)c2cc(N3CCCC(C)C3)ccn2)cc1. The third kappa shape index (κ3) is 4.24. The molecule has 1 N–H and O–H groups in total. The summed E-state index contributed by atoms with van der Waals surface area (Å²) in [6.45, 7) is 5.80. The Morgan fingerprint density at radius 2 is 1.96 bits per heavy atom. The number of benzene rings is 1. The quantitative estimate of drug-likeness (QED) is 0.863. The zero-order valence-electron chi connectivity index (χ0n) is 14.7. The van der Waals surface area contributed by atoms with Crippen LogP contribution in [0, 0.1) is 5.92 Å². The van der Waals surface area contributed by atoms with E-state index in [9.17, 15) is 9.59 Å². The maximum absolute atomic E-state index is 12.5. The van der Waals surface area contributed by atoms with E-state index >= 15 is 0 Å². The molecule has 0 saturated carbocycles. The molecule has 5 heteroatoms. The number of hydrogen-bond donors (Lipinski definition) is 1. The summed E-state index contributed by atoms with van der Waals surface area (Å²) in [5.41, 5.74) is 2.70. The molecular formula is C20H23N3O2. The Kier molecular flexibility index (Phi) is 5.12. The van der Waals surface area contributed by atoms with Crippen molar-refractivity contribution in [1.29, 1.82) is 0 Å². The van der Waals surface area contributed by atoms with Crippen LogP contribution >= 0.6 is 0 Å². The average molecular weight is 337 g/mol. The van der Waals surface area contributed by atoms with Crippen molar-refractivity contribution in [3.63, 3.8) is 0 Å². The van der Waals surface area contributed by atoms with Gasteiger partial charge in [0.1, 0.15) is 5.69 Å². The summed E-state index contributed by atoms with van der Waals surface area (Å²) < 4.78 is 0. The molecule has 2 aromatic rings. The molecule has 5 nitrogen and oxygen atoms in total. The highest BCUT2D eigenvalue weighted by Gasteiger charge is 2.18. The third-order valence-electron chi connectivity index (χ3n) is 4.55. The number of anilines is 2. The summed E-state index contributed by atoms with van der Waals surface area (Å²) in [4.78, 5) is 30.3. The molecule has 130 valence electrons. The van der Waals surface area contributed by atoms with E-state index in [1.165, 1.54) is 19.8 Å². The Morgan fingerprint density at radius 3 is 2.64 bits per heavy atom. The number of piperidine rings is 1. The summed E-state index contributed by atoms with van der Waals surface area (Å²) >= 11 is 0. The first-order chi connectivity index (χ1) is 12.0. The summed E-state index contributed by atoms with van der Waals surface area (Å²) in [5.74, 6) is 0.421. The molecular weight excluding hydrogens is 314 g/mol. The van der Waals surface area contributed by atoms with E-state index in [4.69, 9.17) is 0 Å². The summed E-state index contributed by atoms with van der Waals surface area (Å²) in [7, 11) is 0. The summed E-state index contributed by atoms with van der Waals surface area (Å²) in [6.07, 6.45) is 4.11. The lowest BCUT2D eigenvalue weighted by atomic mass is 10.00. The number of carbonyl (C=O) groups is 2. The van der Waals surface area contributed by atoms with Crippen molar-refractivity contribution in [3.05, 3.63) is 53.9 Å². The van der Waals surface area contributed by atoms with Gasteiger partial charge in [0.25, 0.3) is 5.91 Å². The van der Waals surface area contributed by atoms with Crippen molar-refractivity contribution in [2.75, 3.05) is 23.3 Å². The maximum Gasteiger partial charge on any atom is 0.274 e. The molecule has 1 atom stereocenters. The number of aromatic nitrogens is 1. The van der Waals surface area contributed by atoms with Crippen LogP contribution in [-0.2, 0) is 0 Å². The van der Waals surface area contributed by atoms with Gasteiger partial charge in [-0.05, 0) is 62.1 Å². The number of nitrogens with zero attached hydrogens (tertiary/aromatic N) is 2. The Bertz CT molecular complexity index is 771. The molecule has 0 bridgehead atoms. The molecule has 0 spiro atoms. The van der Waals surface area contributed by atoms with Crippen LogP contribution in [0.2, 0.25) is 0 Å². The van der Waals surface area contributed by atoms with Crippen molar-refractivity contribution in [3.8, 4) is 0 Å². The van der Waals surface area contributed by atoms with Crippen LogP contribution in [0.25, 0.3) is 0 Å². The molecule has 1 aliphatic heterocycles. The topological polar surface area (TPSA) is 62.3 Å². The second kappa shape index (κ2) is 7.47. The van der Waals surface area contributed by atoms with Gasteiger partial charge in [-0.15, -0.1) is 0 Å². The predicted octanol–water partition coefficient (Wildman–Crippen LogP) is 3.77. The number of pyridine rings is 1. The minimum Gasteiger partial charge on any atom is -0.371 e. The minimum absolute atomic E-state index is 0.00278. The molecule has 25 heavy (non-hydrogen) atoms. The molecule has 1 saturated heterocycles. The van der Waals surface area contributed by atoms with E-state index in [0.717, 1.165) is 18.8 Å². The fourth-order valence-electron chi connectivity index (χ4n) is 3.15. The first-order valence-corrected chi connectivity index (χ1v) is 8.66. The highest BCUT2D eigenvalue weighted by atomic mass is 16.2. The molecule has 1 aromatic heterocycles. The van der Waals surface area contributed by atoms with Crippen LogP contribution in [0.4, 0.5) is 11.4 Å². The Morgan fingerprint density at radius 1 is 1.20 bits per heavy atom. The van der Waals surface area contributed by atoms with E-state index in [1.54, 1.807) is 30.5 Å². The fraction of sp³-hybridized carbons (Fsp3) is 0.350. The van der Waals surface area contributed by atoms with E-state index in [0.29, 0.717) is 22.9 Å². The van der Waals surface area contributed by atoms with Gasteiger partial charge in [0.15, 0.2) is 5.78 Å². The lowest BCUT2D eigenvalue weighted by molar-refractivity contribution is 0.101. The molecule has 2 heterocycles. The van der Waals surface area contributed by atoms with Crippen molar-refractivity contribution >= 4 is 23.1 Å². The number of carbonyl (C=O) groups excluding carboxylic acids is 2. The van der Waals surface area contributed by atoms with Crippen molar-refractivity contribution in [1.82, 2.24) is 4.98 Å². The lowest BCUT2D eigenvalue weighted by Crippen LogP contribution is -2.34. The van der Waals surface area contributed by atoms with Gasteiger partial charge in [-0.25, -0.2) is 0 Å². The van der Waals surface area contributed by atoms with Gasteiger partial charge >= 0.3 is 0 Å². The molecule has 1 fully saturated rings. The highest BCUT2D eigenvalue weighted by Crippen LogP contribution is 2.23. The Labute approximate surface area is 148 Å². The third-order valence-corrected chi connectivity index (χ3v) is 4.55. The van der Waals surface area contributed by atoms with E-state index in [1.807, 2.05) is 12.1 Å². The minimum atomic E-state index is -0.248. The van der Waals surface area contributed by atoms with Gasteiger partial charge in [-0.2, -0.15) is 0 Å². The lowest BCUT2D eigenvalue weighted by Gasteiger charge is -2.32. The monoisotopic (exact) mass is 337 g/mol. The number of rotatable bonds is 4. The second-order valence-corrected chi connectivity index (χ2v) is 6.68. The van der Waals surface area contributed by atoms with E-state index in [2.05, 4.69) is 22.1 Å². The Hall–Kier alpha value is -2.69. The molecule has 0 radical (unpaired) electrons. The number of ketones is 1. The number of amides is 1. The van der Waals surface area contributed by atoms with Crippen LogP contribution in [0.5, 0.6) is 0 Å². The van der Waals surface area contributed by atoms with Crippen molar-refractivity contribution in [2.24, 2.45) is 5.92 Å². The van der Waals surface area contributed by atoms with E-state index in [-0.39, 0.29) is 11.7 Å². The van der Waals surface area contributed by atoms with Crippen LogP contribution in [0.1, 0.15) is 47.5 Å². The van der Waals surface area contributed by atoms with Gasteiger partial charge in [0.2, 0.25) is 0 Å². The van der Waals surface area contributed by atoms with Gasteiger partial charge < -0.3 is 10.2 Å². The Balaban J connectivity index is 1.71. The average Bonchev–Trinajstić information content (AvgIpc) is 2.62. The zero-order valence-corrected chi connectivity index (χ0v) is 14.7. The van der Waals surface area contributed by atoms with Gasteiger partial charge in [0, 0.05) is 36.2 Å². The van der Waals surface area contributed by atoms with Crippen molar-refractivity contribution < 1.29 is 9.59 Å². The van der Waals surface area contributed by atoms with Crippen LogP contribution in [0.3, 0.4) is 0 Å². The van der Waals surface area contributed by atoms with Crippen LogP contribution < -0.4 is 10.2 Å². The fourth-order valence-corrected chi connectivity index (χ4v) is 3.15. The molecule has 3 rings (SSSR count). The highest BCUT2D eigenvalue weighted by molar-refractivity contribution is 6.03. The maximum atomic E-state index is 12.5. The number of hydrogen-bond acceptors (Lipinski definition) is 4. The summed E-state index contributed by atoms with van der Waals surface area (Å²) in [5, 5.41) is 2.83. The normalized spacial score (nSPS) is 17.2. The first-order valence-electron chi connectivity index (χ1n) is 8.66. The summed E-state index contributed by atoms with van der Waals surface area (Å²) in [6, 6.07) is 10.7. The van der Waals surface area contributed by atoms with Crippen molar-refractivity contribution in [2.45, 2.75) is 26.7 Å². The predicted molar refractivity (Wildman–Crippen MR) is 99.2 cm³/mol.